The number of hydrogen-bond donors (Lipinski definition) is 0. The van der Waals surface area contributed by atoms with Gasteiger partial charge in [0.15, 0.2) is 0 Å². The number of hydrogen-bond acceptors (Lipinski definition) is 1. The summed E-state index contributed by atoms with van der Waals surface area (Å²) in [6, 6.07) is 27.2. The van der Waals surface area contributed by atoms with Gasteiger partial charge in [-0.15, -0.1) is 0 Å². The van der Waals surface area contributed by atoms with Gasteiger partial charge < -0.3 is 4.74 Å². The zero-order chi connectivity index (χ0) is 14.9. The van der Waals surface area contributed by atoms with Crippen LogP contribution in [0.1, 0.15) is 5.56 Å². The molecule has 22 heavy (non-hydrogen) atoms. The number of benzene rings is 4. The minimum atomic E-state index is 0.867. The topological polar surface area (TPSA) is 9.23 Å². The van der Waals surface area contributed by atoms with Gasteiger partial charge in [-0.05, 0) is 53.4 Å². The second-order valence-corrected chi connectivity index (χ2v) is 5.59. The lowest BCUT2D eigenvalue weighted by Gasteiger charge is -2.10. The molecule has 4 rings (SSSR count). The van der Waals surface area contributed by atoms with Gasteiger partial charge in [0.1, 0.15) is 11.5 Å². The Kier molecular flexibility index (Phi) is 3.05. The van der Waals surface area contributed by atoms with Crippen molar-refractivity contribution < 1.29 is 4.74 Å². The lowest BCUT2D eigenvalue weighted by atomic mass is 10.0. The lowest BCUT2D eigenvalue weighted by Crippen LogP contribution is -1.86. The molecule has 4 aromatic rings. The minimum Gasteiger partial charge on any atom is -0.457 e. The Labute approximate surface area is 129 Å². The predicted octanol–water partition coefficient (Wildman–Crippen LogP) is 6.09. The second kappa shape index (κ2) is 5.19. The summed E-state index contributed by atoms with van der Waals surface area (Å²) in [6.45, 7) is 2.08. The van der Waals surface area contributed by atoms with Gasteiger partial charge in [-0.25, -0.2) is 0 Å². The summed E-state index contributed by atoms with van der Waals surface area (Å²) >= 11 is 0. The van der Waals surface area contributed by atoms with Crippen LogP contribution in [0.3, 0.4) is 0 Å². The molecule has 0 bridgehead atoms. The highest BCUT2D eigenvalue weighted by molar-refractivity contribution is 6.00. The van der Waals surface area contributed by atoms with Crippen LogP contribution in [0.5, 0.6) is 11.5 Å². The molecule has 1 nitrogen and oxygen atoms in total. The molecule has 0 radical (unpaired) electrons. The van der Waals surface area contributed by atoms with E-state index in [0.717, 1.165) is 16.9 Å². The van der Waals surface area contributed by atoms with Crippen molar-refractivity contribution in [3.8, 4) is 11.5 Å². The summed E-state index contributed by atoms with van der Waals surface area (Å²) in [4.78, 5) is 0. The number of ether oxygens (including phenoxy) is 1. The Morgan fingerprint density at radius 1 is 0.636 bits per heavy atom. The van der Waals surface area contributed by atoms with E-state index in [-0.39, 0.29) is 0 Å². The van der Waals surface area contributed by atoms with Gasteiger partial charge in [0, 0.05) is 5.39 Å². The highest BCUT2D eigenvalue weighted by Gasteiger charge is 2.05. The molecule has 0 atom stereocenters. The average molecular weight is 284 g/mol. The molecule has 0 unspecified atom stereocenters. The zero-order valence-electron chi connectivity index (χ0n) is 12.4. The molecule has 0 aliphatic rings. The molecule has 0 saturated carbocycles. The van der Waals surface area contributed by atoms with Crippen LogP contribution < -0.4 is 4.74 Å². The van der Waals surface area contributed by atoms with Crippen LogP contribution in [0.25, 0.3) is 21.5 Å². The summed E-state index contributed by atoms with van der Waals surface area (Å²) in [5.41, 5.74) is 1.23. The maximum absolute atomic E-state index is 6.10. The SMILES string of the molecule is Cc1ccc(Oc2cccc3cc4ccccc4cc23)cc1. The first-order valence-electron chi connectivity index (χ1n) is 7.46. The number of aryl methyl sites for hydroxylation is 1. The van der Waals surface area contributed by atoms with Crippen molar-refractivity contribution in [2.75, 3.05) is 0 Å². The first-order valence-corrected chi connectivity index (χ1v) is 7.46. The predicted molar refractivity (Wildman–Crippen MR) is 92.7 cm³/mol. The minimum absolute atomic E-state index is 0.867. The zero-order valence-corrected chi connectivity index (χ0v) is 12.4. The molecule has 0 fully saturated rings. The average Bonchev–Trinajstić information content (AvgIpc) is 2.55. The molecule has 0 amide bonds. The van der Waals surface area contributed by atoms with Gasteiger partial charge in [-0.3, -0.25) is 0 Å². The van der Waals surface area contributed by atoms with E-state index in [0.29, 0.717) is 0 Å². The quantitative estimate of drug-likeness (QED) is 0.404. The van der Waals surface area contributed by atoms with E-state index in [2.05, 4.69) is 61.5 Å². The van der Waals surface area contributed by atoms with Crippen LogP contribution in [-0.4, -0.2) is 0 Å². The fourth-order valence-corrected chi connectivity index (χ4v) is 2.76. The molecule has 0 saturated heterocycles. The van der Waals surface area contributed by atoms with E-state index < -0.39 is 0 Å². The van der Waals surface area contributed by atoms with Crippen LogP contribution in [-0.2, 0) is 0 Å². The third-order valence-electron chi connectivity index (χ3n) is 3.96. The Morgan fingerprint density at radius 2 is 1.32 bits per heavy atom. The molecule has 0 aromatic heterocycles. The van der Waals surface area contributed by atoms with Crippen molar-refractivity contribution in [1.29, 1.82) is 0 Å². The Hall–Kier alpha value is -2.80. The third-order valence-corrected chi connectivity index (χ3v) is 3.96. The largest absolute Gasteiger partial charge is 0.457 e. The fourth-order valence-electron chi connectivity index (χ4n) is 2.76. The summed E-state index contributed by atoms with van der Waals surface area (Å²) in [5.74, 6) is 1.76. The standard InChI is InChI=1S/C21H16O/c1-15-9-11-19(12-10-15)22-21-8-4-7-18-13-16-5-2-3-6-17(16)14-20(18)21/h2-14H,1H3. The molecule has 4 aromatic carbocycles. The van der Waals surface area contributed by atoms with Crippen molar-refractivity contribution in [1.82, 2.24) is 0 Å². The summed E-state index contributed by atoms with van der Waals surface area (Å²) in [5, 5.41) is 4.82. The molecule has 0 N–H and O–H groups in total. The van der Waals surface area contributed by atoms with Crippen molar-refractivity contribution >= 4 is 21.5 Å². The maximum atomic E-state index is 6.10. The van der Waals surface area contributed by atoms with E-state index >= 15 is 0 Å². The van der Waals surface area contributed by atoms with Gasteiger partial charge in [-0.1, -0.05) is 54.1 Å². The number of rotatable bonds is 2. The first-order chi connectivity index (χ1) is 10.8. The van der Waals surface area contributed by atoms with Crippen LogP contribution >= 0.6 is 0 Å². The molecule has 1 heteroatoms. The smallest absolute Gasteiger partial charge is 0.135 e. The Morgan fingerprint density at radius 3 is 2.09 bits per heavy atom. The van der Waals surface area contributed by atoms with Crippen LogP contribution in [0, 0.1) is 6.92 Å². The highest BCUT2D eigenvalue weighted by Crippen LogP contribution is 2.32. The third kappa shape index (κ3) is 2.31. The van der Waals surface area contributed by atoms with Gasteiger partial charge in [-0.2, -0.15) is 0 Å². The van der Waals surface area contributed by atoms with Crippen molar-refractivity contribution in [2.45, 2.75) is 6.92 Å². The lowest BCUT2D eigenvalue weighted by molar-refractivity contribution is 0.488. The van der Waals surface area contributed by atoms with Gasteiger partial charge in [0.05, 0.1) is 0 Å². The Bertz CT molecular complexity index is 952. The van der Waals surface area contributed by atoms with Crippen molar-refractivity contribution in [3.05, 3.63) is 84.4 Å². The van der Waals surface area contributed by atoms with E-state index in [1.807, 2.05) is 24.3 Å². The molecule has 0 spiro atoms. The van der Waals surface area contributed by atoms with E-state index in [1.165, 1.54) is 21.7 Å². The van der Waals surface area contributed by atoms with Crippen molar-refractivity contribution in [2.24, 2.45) is 0 Å². The second-order valence-electron chi connectivity index (χ2n) is 5.59. The molecule has 0 aliphatic carbocycles. The van der Waals surface area contributed by atoms with Crippen molar-refractivity contribution in [3.63, 3.8) is 0 Å². The summed E-state index contributed by atoms with van der Waals surface area (Å²) in [7, 11) is 0. The van der Waals surface area contributed by atoms with Crippen LogP contribution in [0.4, 0.5) is 0 Å². The van der Waals surface area contributed by atoms with Crippen LogP contribution in [0.2, 0.25) is 0 Å². The van der Waals surface area contributed by atoms with E-state index in [1.54, 1.807) is 0 Å². The molecule has 0 heterocycles. The monoisotopic (exact) mass is 284 g/mol. The molecule has 0 aliphatic heterocycles. The van der Waals surface area contributed by atoms with E-state index in [9.17, 15) is 0 Å². The van der Waals surface area contributed by atoms with Gasteiger partial charge in [0.2, 0.25) is 0 Å². The van der Waals surface area contributed by atoms with Gasteiger partial charge in [0.25, 0.3) is 0 Å². The molecule has 106 valence electrons. The van der Waals surface area contributed by atoms with Crippen LogP contribution in [0.15, 0.2) is 78.9 Å². The molecular weight excluding hydrogens is 268 g/mol. The van der Waals surface area contributed by atoms with E-state index in [4.69, 9.17) is 4.74 Å². The maximum Gasteiger partial charge on any atom is 0.135 e. The number of fused-ring (bicyclic) bond motifs is 2. The first kappa shape index (κ1) is 12.9. The Balaban J connectivity index is 1.86. The normalized spacial score (nSPS) is 11.0. The van der Waals surface area contributed by atoms with Gasteiger partial charge >= 0.3 is 0 Å². The highest BCUT2D eigenvalue weighted by atomic mass is 16.5. The summed E-state index contributed by atoms with van der Waals surface area (Å²) in [6.07, 6.45) is 0. The molecular formula is C21H16O. The summed E-state index contributed by atoms with van der Waals surface area (Å²) < 4.78 is 6.10. The fraction of sp³-hybridized carbons (Fsp3) is 0.0476.